The second-order valence-electron chi connectivity index (χ2n) is 5.78. The molecule has 1 rings (SSSR count). The van der Waals surface area contributed by atoms with Gasteiger partial charge in [0.25, 0.3) is 0 Å². The van der Waals surface area contributed by atoms with Crippen LogP contribution in [-0.2, 0) is 20.0 Å². The molecule has 20 heavy (non-hydrogen) atoms. The third-order valence-electron chi connectivity index (χ3n) is 2.26. The Hall–Kier alpha value is -1.12. The monoisotopic (exact) mass is 320 g/mol. The third kappa shape index (κ3) is 5.89. The van der Waals surface area contributed by atoms with Crippen LogP contribution in [0.2, 0.25) is 0 Å². The maximum absolute atomic E-state index is 12.0. The van der Waals surface area contributed by atoms with Gasteiger partial charge in [-0.05, 0) is 29.7 Å². The molecule has 0 aliphatic rings. The largest absolute Gasteiger partial charge is 0.284 e. The van der Waals surface area contributed by atoms with E-state index in [1.54, 1.807) is 0 Å². The summed E-state index contributed by atoms with van der Waals surface area (Å²) in [6.45, 7) is 6.09. The zero-order valence-corrected chi connectivity index (χ0v) is 13.6. The van der Waals surface area contributed by atoms with Crippen LogP contribution in [0, 0.1) is 5.41 Å². The van der Waals surface area contributed by atoms with Gasteiger partial charge >= 0.3 is 0 Å². The van der Waals surface area contributed by atoms with E-state index in [0.717, 1.165) is 6.26 Å². The first kappa shape index (κ1) is 16.9. The minimum atomic E-state index is -3.58. The summed E-state index contributed by atoms with van der Waals surface area (Å²) in [6, 6.07) is 5.54. The summed E-state index contributed by atoms with van der Waals surface area (Å²) in [5.74, 6) is 0. The smallest absolute Gasteiger partial charge is 0.240 e. The molecule has 114 valence electrons. The predicted octanol–water partition coefficient (Wildman–Crippen LogP) is 1.38. The van der Waals surface area contributed by atoms with Gasteiger partial charge in [-0.3, -0.25) is 4.72 Å². The first-order valence-corrected chi connectivity index (χ1v) is 9.34. The summed E-state index contributed by atoms with van der Waals surface area (Å²) >= 11 is 0. The fourth-order valence-corrected chi connectivity index (χ4v) is 3.16. The lowest BCUT2D eigenvalue weighted by Gasteiger charge is -2.18. The average molecular weight is 320 g/mol. The summed E-state index contributed by atoms with van der Waals surface area (Å²) in [5.41, 5.74) is 0.160. The van der Waals surface area contributed by atoms with Crippen LogP contribution in [0.1, 0.15) is 20.8 Å². The summed E-state index contributed by atoms with van der Waals surface area (Å²) in [5, 5.41) is 0. The van der Waals surface area contributed by atoms with Gasteiger partial charge in [0.05, 0.1) is 11.2 Å². The molecule has 1 aromatic rings. The van der Waals surface area contributed by atoms with Crippen LogP contribution < -0.4 is 9.44 Å². The van der Waals surface area contributed by atoms with Crippen molar-refractivity contribution in [3.63, 3.8) is 0 Å². The molecular weight excluding hydrogens is 300 g/mol. The van der Waals surface area contributed by atoms with Crippen LogP contribution in [0.4, 0.5) is 5.69 Å². The minimum Gasteiger partial charge on any atom is -0.284 e. The maximum Gasteiger partial charge on any atom is 0.240 e. The predicted molar refractivity (Wildman–Crippen MR) is 79.6 cm³/mol. The topological polar surface area (TPSA) is 92.3 Å². The third-order valence-corrected chi connectivity index (χ3v) is 4.28. The molecule has 0 radical (unpaired) electrons. The molecule has 0 unspecified atom stereocenters. The van der Waals surface area contributed by atoms with Gasteiger partial charge in [-0.15, -0.1) is 0 Å². The Kier molecular flexibility index (Phi) is 4.83. The van der Waals surface area contributed by atoms with E-state index in [0.29, 0.717) is 12.2 Å². The van der Waals surface area contributed by atoms with E-state index in [1.165, 1.54) is 24.3 Å². The van der Waals surface area contributed by atoms with Crippen molar-refractivity contribution < 1.29 is 16.8 Å². The van der Waals surface area contributed by atoms with Crippen LogP contribution in [0.3, 0.4) is 0 Å². The van der Waals surface area contributed by atoms with Crippen LogP contribution >= 0.6 is 0 Å². The summed E-state index contributed by atoms with van der Waals surface area (Å²) in [4.78, 5) is 0.0980. The Morgan fingerprint density at radius 2 is 1.50 bits per heavy atom. The zero-order chi connectivity index (χ0) is 15.6. The molecule has 8 heteroatoms. The zero-order valence-electron chi connectivity index (χ0n) is 12.0. The van der Waals surface area contributed by atoms with Crippen molar-refractivity contribution in [2.75, 3.05) is 17.5 Å². The van der Waals surface area contributed by atoms with E-state index in [9.17, 15) is 16.8 Å². The molecule has 0 atom stereocenters. The number of hydrogen-bond acceptors (Lipinski definition) is 4. The fraction of sp³-hybridized carbons (Fsp3) is 0.500. The number of hydrogen-bond donors (Lipinski definition) is 2. The van der Waals surface area contributed by atoms with Crippen LogP contribution in [0.15, 0.2) is 29.2 Å². The second kappa shape index (κ2) is 5.71. The van der Waals surface area contributed by atoms with Crippen LogP contribution in [0.25, 0.3) is 0 Å². The highest BCUT2D eigenvalue weighted by Gasteiger charge is 2.18. The van der Waals surface area contributed by atoms with Crippen molar-refractivity contribution in [1.29, 1.82) is 0 Å². The molecule has 0 spiro atoms. The Labute approximate surface area is 120 Å². The van der Waals surface area contributed by atoms with E-state index in [2.05, 4.69) is 9.44 Å². The van der Waals surface area contributed by atoms with E-state index < -0.39 is 20.0 Å². The van der Waals surface area contributed by atoms with Crippen molar-refractivity contribution in [1.82, 2.24) is 4.72 Å². The number of nitrogens with one attached hydrogen (secondary N) is 2. The Morgan fingerprint density at radius 1 is 1.00 bits per heavy atom. The van der Waals surface area contributed by atoms with Crippen LogP contribution in [-0.4, -0.2) is 29.6 Å². The molecule has 0 saturated carbocycles. The number of sulfonamides is 2. The lowest BCUT2D eigenvalue weighted by Crippen LogP contribution is -2.32. The quantitative estimate of drug-likeness (QED) is 0.857. The lowest BCUT2D eigenvalue weighted by atomic mass is 9.98. The van der Waals surface area contributed by atoms with Gasteiger partial charge in [-0.25, -0.2) is 21.6 Å². The highest BCUT2D eigenvalue weighted by molar-refractivity contribution is 7.92. The van der Waals surface area contributed by atoms with Crippen molar-refractivity contribution in [2.24, 2.45) is 5.41 Å². The molecule has 0 fully saturated rings. The minimum absolute atomic E-state index is 0.0980. The van der Waals surface area contributed by atoms with Crippen LogP contribution in [0.5, 0.6) is 0 Å². The maximum atomic E-state index is 12.0. The second-order valence-corrected chi connectivity index (χ2v) is 9.30. The van der Waals surface area contributed by atoms with E-state index in [1.807, 2.05) is 20.8 Å². The highest BCUT2D eigenvalue weighted by atomic mass is 32.2. The van der Waals surface area contributed by atoms with Gasteiger partial charge in [-0.1, -0.05) is 20.8 Å². The molecule has 0 saturated heterocycles. The first-order valence-electron chi connectivity index (χ1n) is 5.97. The highest BCUT2D eigenvalue weighted by Crippen LogP contribution is 2.17. The molecule has 0 aromatic heterocycles. The standard InChI is InChI=1S/C12H20N2O4S2/c1-12(2,3)9-13-20(17,18)11-7-5-10(6-8-11)14-19(4,15)16/h5-8,13-14H,9H2,1-4H3. The molecule has 6 nitrogen and oxygen atoms in total. The summed E-state index contributed by atoms with van der Waals surface area (Å²) < 4.78 is 50.9. The Bertz CT molecular complexity index is 656. The molecule has 0 amide bonds. The lowest BCUT2D eigenvalue weighted by molar-refractivity contribution is 0.407. The van der Waals surface area contributed by atoms with Crippen molar-refractivity contribution in [2.45, 2.75) is 25.7 Å². The van der Waals surface area contributed by atoms with E-state index in [4.69, 9.17) is 0 Å². The molecule has 0 heterocycles. The summed E-state index contributed by atoms with van der Waals surface area (Å²) in [6.07, 6.45) is 1.03. The average Bonchev–Trinajstić information content (AvgIpc) is 2.24. The number of anilines is 1. The van der Waals surface area contributed by atoms with Gasteiger partial charge in [0, 0.05) is 12.2 Å². The SMILES string of the molecule is CC(C)(C)CNS(=O)(=O)c1ccc(NS(C)(=O)=O)cc1. The molecule has 1 aromatic carbocycles. The fourth-order valence-electron chi connectivity index (χ4n) is 1.31. The molecule has 0 bridgehead atoms. The summed E-state index contributed by atoms with van der Waals surface area (Å²) in [7, 11) is -6.95. The Morgan fingerprint density at radius 3 is 1.90 bits per heavy atom. The van der Waals surface area contributed by atoms with Gasteiger partial charge in [-0.2, -0.15) is 0 Å². The first-order chi connectivity index (χ1) is 8.89. The molecule has 0 aliphatic heterocycles. The number of benzene rings is 1. The van der Waals surface area contributed by atoms with Crippen molar-refractivity contribution >= 4 is 25.7 Å². The molecule has 0 aliphatic carbocycles. The van der Waals surface area contributed by atoms with Gasteiger partial charge < -0.3 is 0 Å². The molecular formula is C12H20N2O4S2. The van der Waals surface area contributed by atoms with E-state index in [-0.39, 0.29) is 10.3 Å². The Balaban J connectivity index is 2.87. The molecule has 2 N–H and O–H groups in total. The van der Waals surface area contributed by atoms with Crippen molar-refractivity contribution in [3.05, 3.63) is 24.3 Å². The van der Waals surface area contributed by atoms with Gasteiger partial charge in [0.1, 0.15) is 0 Å². The van der Waals surface area contributed by atoms with Crippen molar-refractivity contribution in [3.8, 4) is 0 Å². The van der Waals surface area contributed by atoms with E-state index >= 15 is 0 Å². The normalized spacial score (nSPS) is 13.2. The van der Waals surface area contributed by atoms with Gasteiger partial charge in [0.15, 0.2) is 0 Å². The number of rotatable bonds is 5. The van der Waals surface area contributed by atoms with Gasteiger partial charge in [0.2, 0.25) is 20.0 Å².